The Hall–Kier alpha value is -3.39. The fourth-order valence-corrected chi connectivity index (χ4v) is 4.66. The van der Waals surface area contributed by atoms with Gasteiger partial charge in [-0.15, -0.1) is 0 Å². The van der Waals surface area contributed by atoms with Crippen LogP contribution in [0.2, 0.25) is 0 Å². The van der Waals surface area contributed by atoms with Gasteiger partial charge in [-0.05, 0) is 55.7 Å². The van der Waals surface area contributed by atoms with E-state index >= 15 is 0 Å². The number of ether oxygens (including phenoxy) is 3. The van der Waals surface area contributed by atoms with E-state index in [9.17, 15) is 14.0 Å². The van der Waals surface area contributed by atoms with Crippen LogP contribution in [0.25, 0.3) is 11.0 Å². The molecule has 1 fully saturated rings. The zero-order valence-corrected chi connectivity index (χ0v) is 18.4. The Morgan fingerprint density at radius 3 is 2.73 bits per heavy atom. The van der Waals surface area contributed by atoms with Gasteiger partial charge >= 0.3 is 0 Å². The summed E-state index contributed by atoms with van der Waals surface area (Å²) in [6.07, 6.45) is 1.62. The predicted molar refractivity (Wildman–Crippen MR) is 118 cm³/mol. The Morgan fingerprint density at radius 1 is 1.15 bits per heavy atom. The Bertz CT molecular complexity index is 1280. The second kappa shape index (κ2) is 8.51. The number of amides is 1. The third-order valence-electron chi connectivity index (χ3n) is 6.16. The second-order valence-corrected chi connectivity index (χ2v) is 8.15. The summed E-state index contributed by atoms with van der Waals surface area (Å²) in [7, 11) is 1.53. The molecule has 2 atom stereocenters. The number of halogens is 1. The number of nitrogens with zero attached hydrogens (tertiary/aromatic N) is 1. The molecule has 1 amide bonds. The Balaban J connectivity index is 1.69. The molecule has 2 aliphatic heterocycles. The molecule has 5 rings (SSSR count). The first-order valence-corrected chi connectivity index (χ1v) is 11.0. The Kier molecular flexibility index (Phi) is 5.54. The van der Waals surface area contributed by atoms with Gasteiger partial charge in [-0.3, -0.25) is 9.59 Å². The lowest BCUT2D eigenvalue weighted by Crippen LogP contribution is -2.36. The molecular weight excluding hydrogens is 429 g/mol. The van der Waals surface area contributed by atoms with Crippen LogP contribution in [0.3, 0.4) is 0 Å². The number of methoxy groups -OCH3 is 1. The first-order valence-electron chi connectivity index (χ1n) is 11.0. The van der Waals surface area contributed by atoms with Crippen molar-refractivity contribution in [3.63, 3.8) is 0 Å². The smallest absolute Gasteiger partial charge is 0.291 e. The molecule has 1 aromatic heterocycles. The highest BCUT2D eigenvalue weighted by atomic mass is 19.1. The van der Waals surface area contributed by atoms with Crippen molar-refractivity contribution in [1.29, 1.82) is 0 Å². The lowest BCUT2D eigenvalue weighted by atomic mass is 9.97. The fraction of sp³-hybridized carbons (Fsp3) is 0.360. The van der Waals surface area contributed by atoms with Gasteiger partial charge in [0.2, 0.25) is 5.76 Å². The van der Waals surface area contributed by atoms with Crippen LogP contribution in [0.1, 0.15) is 47.5 Å². The lowest BCUT2D eigenvalue weighted by Gasteiger charge is -2.28. The standard InChI is InChI=1S/C25H24FNO6/c1-3-31-19-8-6-14(11-20(19)30-2)22-21-23(28)17-12-15(26)7-9-18(17)33-24(21)25(29)27(22)13-16-5-4-10-32-16/h6-9,11-12,16,22H,3-5,10,13H2,1-2H3/t16-,22-/m0/s1. The molecule has 2 aliphatic rings. The molecule has 8 heteroatoms. The number of hydrogen-bond donors (Lipinski definition) is 0. The fourth-order valence-electron chi connectivity index (χ4n) is 4.66. The maximum absolute atomic E-state index is 13.9. The minimum absolute atomic E-state index is 0.0186. The molecule has 3 aromatic rings. The number of rotatable bonds is 6. The number of fused-ring (bicyclic) bond motifs is 2. The lowest BCUT2D eigenvalue weighted by molar-refractivity contribution is 0.0486. The van der Waals surface area contributed by atoms with Crippen molar-refractivity contribution in [2.24, 2.45) is 0 Å². The first-order chi connectivity index (χ1) is 16.0. The van der Waals surface area contributed by atoms with Crippen LogP contribution in [-0.4, -0.2) is 43.8 Å². The largest absolute Gasteiger partial charge is 0.493 e. The summed E-state index contributed by atoms with van der Waals surface area (Å²) < 4.78 is 36.7. The van der Waals surface area contributed by atoms with Crippen molar-refractivity contribution >= 4 is 16.9 Å². The highest BCUT2D eigenvalue weighted by Crippen LogP contribution is 2.41. The summed E-state index contributed by atoms with van der Waals surface area (Å²) in [6.45, 7) is 3.29. The molecule has 172 valence electrons. The highest BCUT2D eigenvalue weighted by molar-refractivity contribution is 5.99. The molecule has 0 bridgehead atoms. The monoisotopic (exact) mass is 453 g/mol. The summed E-state index contributed by atoms with van der Waals surface area (Å²) in [4.78, 5) is 28.6. The van der Waals surface area contributed by atoms with Gasteiger partial charge < -0.3 is 23.5 Å². The van der Waals surface area contributed by atoms with E-state index in [1.807, 2.05) is 6.92 Å². The number of carbonyl (C=O) groups excluding carboxylic acids is 1. The van der Waals surface area contributed by atoms with Crippen molar-refractivity contribution in [3.05, 3.63) is 69.3 Å². The maximum atomic E-state index is 13.9. The molecule has 0 unspecified atom stereocenters. The molecule has 3 heterocycles. The molecule has 0 N–H and O–H groups in total. The Labute approximate surface area is 189 Å². The molecule has 0 aliphatic carbocycles. The zero-order valence-electron chi connectivity index (χ0n) is 18.4. The molecule has 1 saturated heterocycles. The number of benzene rings is 2. The van der Waals surface area contributed by atoms with Crippen LogP contribution in [-0.2, 0) is 4.74 Å². The van der Waals surface area contributed by atoms with Crippen LogP contribution >= 0.6 is 0 Å². The highest BCUT2D eigenvalue weighted by Gasteiger charge is 2.44. The van der Waals surface area contributed by atoms with Crippen LogP contribution < -0.4 is 14.9 Å². The Morgan fingerprint density at radius 2 is 2.00 bits per heavy atom. The summed E-state index contributed by atoms with van der Waals surface area (Å²) in [6, 6.07) is 8.32. The first kappa shape index (κ1) is 21.5. The predicted octanol–water partition coefficient (Wildman–Crippen LogP) is 4.06. The molecule has 7 nitrogen and oxygen atoms in total. The van der Waals surface area contributed by atoms with Crippen LogP contribution in [0.4, 0.5) is 4.39 Å². The minimum Gasteiger partial charge on any atom is -0.493 e. The van der Waals surface area contributed by atoms with Crippen LogP contribution in [0.15, 0.2) is 45.6 Å². The number of carbonyl (C=O) groups is 1. The molecule has 0 radical (unpaired) electrons. The molecule has 33 heavy (non-hydrogen) atoms. The van der Waals surface area contributed by atoms with Gasteiger partial charge in [0.05, 0.1) is 36.8 Å². The van der Waals surface area contributed by atoms with Crippen molar-refractivity contribution < 1.29 is 27.8 Å². The van der Waals surface area contributed by atoms with E-state index in [4.69, 9.17) is 18.6 Å². The van der Waals surface area contributed by atoms with Gasteiger partial charge in [-0.25, -0.2) is 4.39 Å². The van der Waals surface area contributed by atoms with Gasteiger partial charge in [-0.1, -0.05) is 6.07 Å². The molecule has 2 aromatic carbocycles. The van der Waals surface area contributed by atoms with E-state index in [0.717, 1.165) is 18.9 Å². The molecule has 0 saturated carbocycles. The SMILES string of the molecule is CCOc1ccc([C@H]2c3c(oc4ccc(F)cc4c3=O)C(=O)N2C[C@@H]2CCCO2)cc1OC. The van der Waals surface area contributed by atoms with E-state index in [1.54, 1.807) is 23.1 Å². The van der Waals surface area contributed by atoms with Gasteiger partial charge in [0.25, 0.3) is 5.91 Å². The van der Waals surface area contributed by atoms with Crippen LogP contribution in [0.5, 0.6) is 11.5 Å². The third-order valence-corrected chi connectivity index (χ3v) is 6.16. The minimum atomic E-state index is -0.717. The summed E-state index contributed by atoms with van der Waals surface area (Å²) in [5.74, 6) is 0.0985. The summed E-state index contributed by atoms with van der Waals surface area (Å²) >= 11 is 0. The normalized spacial score (nSPS) is 19.8. The second-order valence-electron chi connectivity index (χ2n) is 8.15. The topological polar surface area (TPSA) is 78.2 Å². The van der Waals surface area contributed by atoms with Crippen molar-refractivity contribution in [1.82, 2.24) is 4.90 Å². The van der Waals surface area contributed by atoms with E-state index in [1.165, 1.54) is 19.2 Å². The van der Waals surface area contributed by atoms with Gasteiger partial charge in [0, 0.05) is 13.2 Å². The zero-order chi connectivity index (χ0) is 23.1. The quantitative estimate of drug-likeness (QED) is 0.560. The van der Waals surface area contributed by atoms with Crippen molar-refractivity contribution in [2.45, 2.75) is 31.9 Å². The number of hydrogen-bond acceptors (Lipinski definition) is 6. The van der Waals surface area contributed by atoms with E-state index in [-0.39, 0.29) is 34.3 Å². The van der Waals surface area contributed by atoms with Crippen molar-refractivity contribution in [2.75, 3.05) is 26.9 Å². The molecular formula is C25H24FNO6. The van der Waals surface area contributed by atoms with E-state index < -0.39 is 17.3 Å². The maximum Gasteiger partial charge on any atom is 0.291 e. The molecule has 0 spiro atoms. The van der Waals surface area contributed by atoms with Gasteiger partial charge in [0.15, 0.2) is 16.9 Å². The summed E-state index contributed by atoms with van der Waals surface area (Å²) in [5.41, 5.74) is 0.619. The summed E-state index contributed by atoms with van der Waals surface area (Å²) in [5, 5.41) is 0.100. The average Bonchev–Trinajstić information content (AvgIpc) is 3.42. The van der Waals surface area contributed by atoms with E-state index in [0.29, 0.717) is 36.8 Å². The third kappa shape index (κ3) is 3.64. The van der Waals surface area contributed by atoms with E-state index in [2.05, 4.69) is 0 Å². The van der Waals surface area contributed by atoms with Gasteiger partial charge in [-0.2, -0.15) is 0 Å². The van der Waals surface area contributed by atoms with Crippen molar-refractivity contribution in [3.8, 4) is 11.5 Å². The van der Waals surface area contributed by atoms with Crippen LogP contribution in [0, 0.1) is 5.82 Å². The average molecular weight is 453 g/mol. The van der Waals surface area contributed by atoms with Gasteiger partial charge in [0.1, 0.15) is 11.4 Å².